The number of carbonyl (C=O) groups is 1. The lowest BCUT2D eigenvalue weighted by Crippen LogP contribution is -2.54. The van der Waals surface area contributed by atoms with Gasteiger partial charge in [0.2, 0.25) is 0 Å². The van der Waals surface area contributed by atoms with Gasteiger partial charge in [0, 0.05) is 12.1 Å². The molecule has 0 radical (unpaired) electrons. The molecular formula is C8H13F3N2O. The summed E-state index contributed by atoms with van der Waals surface area (Å²) in [4.78, 5) is 10.6. The fraction of sp³-hybridized carbons (Fsp3) is 0.875. The number of halogens is 3. The maximum atomic E-state index is 11.9. The Morgan fingerprint density at radius 1 is 1.50 bits per heavy atom. The Balaban J connectivity index is 2.46. The minimum absolute atomic E-state index is 0.102. The second-order valence-corrected chi connectivity index (χ2v) is 3.46. The van der Waals surface area contributed by atoms with Gasteiger partial charge in [-0.15, -0.1) is 0 Å². The van der Waals surface area contributed by atoms with Crippen molar-refractivity contribution in [2.24, 2.45) is 0 Å². The lowest BCUT2D eigenvalue weighted by molar-refractivity contribution is -0.174. The van der Waals surface area contributed by atoms with Crippen LogP contribution >= 0.6 is 0 Å². The van der Waals surface area contributed by atoms with E-state index in [2.05, 4.69) is 5.32 Å². The van der Waals surface area contributed by atoms with Crippen LogP contribution in [0.15, 0.2) is 0 Å². The molecule has 82 valence electrons. The summed E-state index contributed by atoms with van der Waals surface area (Å²) in [5.41, 5.74) is 0. The summed E-state index contributed by atoms with van der Waals surface area (Å²) in [6.07, 6.45) is -3.40. The molecule has 2 N–H and O–H groups in total. The summed E-state index contributed by atoms with van der Waals surface area (Å²) in [5.74, 6) is -1.85. The second-order valence-electron chi connectivity index (χ2n) is 3.46. The lowest BCUT2D eigenvalue weighted by atomic mass is 10.00. The SMILES string of the molecule is C[C@H]1NCCC[C@H]1NC(=O)C(F)(F)F. The Hall–Kier alpha value is -0.780. The quantitative estimate of drug-likeness (QED) is 0.672. The Bertz CT molecular complexity index is 217. The molecule has 0 unspecified atom stereocenters. The van der Waals surface area contributed by atoms with Crippen molar-refractivity contribution >= 4 is 5.91 Å². The van der Waals surface area contributed by atoms with Gasteiger partial charge in [-0.25, -0.2) is 0 Å². The maximum Gasteiger partial charge on any atom is 0.471 e. The van der Waals surface area contributed by atoms with Crippen LogP contribution in [0.5, 0.6) is 0 Å². The van der Waals surface area contributed by atoms with Crippen LogP contribution in [0.4, 0.5) is 13.2 Å². The van der Waals surface area contributed by atoms with Crippen molar-refractivity contribution in [1.29, 1.82) is 0 Å². The second kappa shape index (κ2) is 4.16. The van der Waals surface area contributed by atoms with E-state index in [0.717, 1.165) is 13.0 Å². The monoisotopic (exact) mass is 210 g/mol. The van der Waals surface area contributed by atoms with E-state index >= 15 is 0 Å². The molecule has 1 amide bonds. The zero-order chi connectivity index (χ0) is 10.8. The number of hydrogen-bond acceptors (Lipinski definition) is 2. The van der Waals surface area contributed by atoms with E-state index in [-0.39, 0.29) is 6.04 Å². The zero-order valence-electron chi connectivity index (χ0n) is 7.82. The van der Waals surface area contributed by atoms with Gasteiger partial charge in [0.15, 0.2) is 0 Å². The first kappa shape index (κ1) is 11.3. The summed E-state index contributed by atoms with van der Waals surface area (Å²) in [7, 11) is 0. The summed E-state index contributed by atoms with van der Waals surface area (Å²) >= 11 is 0. The first-order valence-corrected chi connectivity index (χ1v) is 4.52. The highest BCUT2D eigenvalue weighted by molar-refractivity contribution is 5.82. The molecule has 6 heteroatoms. The van der Waals surface area contributed by atoms with Crippen molar-refractivity contribution in [1.82, 2.24) is 10.6 Å². The molecule has 1 rings (SSSR count). The number of piperidine rings is 1. The van der Waals surface area contributed by atoms with Crippen LogP contribution in [0, 0.1) is 0 Å². The fourth-order valence-electron chi connectivity index (χ4n) is 1.49. The predicted octanol–water partition coefficient (Wildman–Crippen LogP) is 0.805. The molecule has 0 aromatic carbocycles. The Kier molecular flexibility index (Phi) is 3.36. The van der Waals surface area contributed by atoms with Gasteiger partial charge in [-0.3, -0.25) is 4.79 Å². The van der Waals surface area contributed by atoms with E-state index < -0.39 is 18.1 Å². The summed E-state index contributed by atoms with van der Waals surface area (Å²) in [6, 6.07) is -0.520. The van der Waals surface area contributed by atoms with Gasteiger partial charge in [0.1, 0.15) is 0 Å². The Morgan fingerprint density at radius 3 is 2.64 bits per heavy atom. The average Bonchev–Trinajstić information content (AvgIpc) is 2.07. The van der Waals surface area contributed by atoms with E-state index in [1.807, 2.05) is 5.32 Å². The van der Waals surface area contributed by atoms with E-state index in [1.54, 1.807) is 6.92 Å². The summed E-state index contributed by atoms with van der Waals surface area (Å²) in [6.45, 7) is 2.56. The molecule has 1 saturated heterocycles. The summed E-state index contributed by atoms with van der Waals surface area (Å²) < 4.78 is 35.7. The van der Waals surface area contributed by atoms with E-state index in [4.69, 9.17) is 0 Å². The van der Waals surface area contributed by atoms with Crippen LogP contribution in [-0.4, -0.2) is 30.7 Å². The standard InChI is InChI=1S/C8H13F3N2O/c1-5-6(3-2-4-12-5)13-7(14)8(9,10)11/h5-6,12H,2-4H2,1H3,(H,13,14)/t5-,6-/m1/s1. The molecule has 0 saturated carbocycles. The summed E-state index contributed by atoms with van der Waals surface area (Å²) in [5, 5.41) is 4.99. The molecule has 0 bridgehead atoms. The number of nitrogens with one attached hydrogen (secondary N) is 2. The molecule has 0 aliphatic carbocycles. The van der Waals surface area contributed by atoms with Gasteiger partial charge in [-0.2, -0.15) is 13.2 Å². The van der Waals surface area contributed by atoms with Crippen molar-refractivity contribution in [3.8, 4) is 0 Å². The van der Waals surface area contributed by atoms with Crippen molar-refractivity contribution in [2.45, 2.75) is 38.0 Å². The van der Waals surface area contributed by atoms with Gasteiger partial charge in [-0.05, 0) is 26.3 Å². The van der Waals surface area contributed by atoms with Gasteiger partial charge >= 0.3 is 12.1 Å². The fourth-order valence-corrected chi connectivity index (χ4v) is 1.49. The van der Waals surface area contributed by atoms with Crippen molar-refractivity contribution in [3.63, 3.8) is 0 Å². The molecule has 1 heterocycles. The number of hydrogen-bond donors (Lipinski definition) is 2. The third-order valence-electron chi connectivity index (χ3n) is 2.34. The number of alkyl halides is 3. The first-order valence-electron chi connectivity index (χ1n) is 4.52. The molecule has 14 heavy (non-hydrogen) atoms. The smallest absolute Gasteiger partial charge is 0.344 e. The maximum absolute atomic E-state index is 11.9. The molecule has 0 aromatic heterocycles. The third kappa shape index (κ3) is 2.87. The average molecular weight is 210 g/mol. The molecular weight excluding hydrogens is 197 g/mol. The number of amides is 1. The molecule has 1 aliphatic rings. The van der Waals surface area contributed by atoms with Gasteiger partial charge < -0.3 is 10.6 Å². The highest BCUT2D eigenvalue weighted by atomic mass is 19.4. The van der Waals surface area contributed by atoms with Crippen LogP contribution in [0.2, 0.25) is 0 Å². The highest BCUT2D eigenvalue weighted by Gasteiger charge is 2.40. The van der Waals surface area contributed by atoms with Crippen molar-refractivity contribution < 1.29 is 18.0 Å². The predicted molar refractivity (Wildman–Crippen MR) is 44.7 cm³/mol. The normalized spacial score (nSPS) is 28.6. The minimum Gasteiger partial charge on any atom is -0.344 e. The van der Waals surface area contributed by atoms with Crippen LogP contribution in [-0.2, 0) is 4.79 Å². The Labute approximate surface area is 80.0 Å². The van der Waals surface area contributed by atoms with Gasteiger partial charge in [0.05, 0.1) is 0 Å². The highest BCUT2D eigenvalue weighted by Crippen LogP contribution is 2.16. The lowest BCUT2D eigenvalue weighted by Gasteiger charge is -2.30. The molecule has 0 aromatic rings. The largest absolute Gasteiger partial charge is 0.471 e. The molecule has 0 spiro atoms. The molecule has 2 atom stereocenters. The molecule has 1 aliphatic heterocycles. The third-order valence-corrected chi connectivity index (χ3v) is 2.34. The first-order chi connectivity index (χ1) is 6.41. The minimum atomic E-state index is -4.78. The van der Waals surface area contributed by atoms with Crippen LogP contribution < -0.4 is 10.6 Å². The van der Waals surface area contributed by atoms with E-state index in [9.17, 15) is 18.0 Å². The van der Waals surface area contributed by atoms with Crippen molar-refractivity contribution in [2.75, 3.05) is 6.54 Å². The van der Waals surface area contributed by atoms with Gasteiger partial charge in [0.25, 0.3) is 0 Å². The topological polar surface area (TPSA) is 41.1 Å². The van der Waals surface area contributed by atoms with Crippen LogP contribution in [0.1, 0.15) is 19.8 Å². The number of rotatable bonds is 1. The van der Waals surface area contributed by atoms with E-state index in [0.29, 0.717) is 6.42 Å². The zero-order valence-corrected chi connectivity index (χ0v) is 7.82. The van der Waals surface area contributed by atoms with Crippen molar-refractivity contribution in [3.05, 3.63) is 0 Å². The molecule has 3 nitrogen and oxygen atoms in total. The van der Waals surface area contributed by atoms with Crippen LogP contribution in [0.3, 0.4) is 0 Å². The molecule has 1 fully saturated rings. The Morgan fingerprint density at radius 2 is 2.14 bits per heavy atom. The van der Waals surface area contributed by atoms with E-state index in [1.165, 1.54) is 0 Å². The number of carbonyl (C=O) groups excluding carboxylic acids is 1. The van der Waals surface area contributed by atoms with Gasteiger partial charge in [-0.1, -0.05) is 0 Å². The van der Waals surface area contributed by atoms with Crippen LogP contribution in [0.25, 0.3) is 0 Å².